The smallest absolute Gasteiger partial charge is 0.225 e. The number of alkyl halides is 1. The molecule has 6 atom stereocenters. The average molecular weight is 326 g/mol. The predicted octanol–water partition coefficient (Wildman–Crippen LogP) is 1.02. The molecule has 5 nitrogen and oxygen atoms in total. The molecule has 0 spiro atoms. The number of carbonyl (C=O) groups is 1. The van der Waals surface area contributed by atoms with Crippen LogP contribution in [0.25, 0.3) is 0 Å². The van der Waals surface area contributed by atoms with Crippen molar-refractivity contribution in [2.75, 3.05) is 6.54 Å². The van der Waals surface area contributed by atoms with Crippen LogP contribution in [0.5, 0.6) is 0 Å². The third kappa shape index (κ3) is 3.01. The first-order valence-electron chi connectivity index (χ1n) is 9.13. The Labute approximate surface area is 138 Å². The van der Waals surface area contributed by atoms with Crippen LogP contribution in [0.3, 0.4) is 0 Å². The predicted molar refractivity (Wildman–Crippen MR) is 88.2 cm³/mol. The van der Waals surface area contributed by atoms with E-state index in [1.807, 2.05) is 0 Å². The lowest BCUT2D eigenvalue weighted by Gasteiger charge is -2.58. The summed E-state index contributed by atoms with van der Waals surface area (Å²) < 4.78 is 14.0. The number of amides is 1. The summed E-state index contributed by atoms with van der Waals surface area (Å²) in [7, 11) is 0. The molecule has 6 N–H and O–H groups in total. The highest BCUT2D eigenvalue weighted by Gasteiger charge is 2.56. The lowest BCUT2D eigenvalue weighted by Crippen LogP contribution is -2.75. The van der Waals surface area contributed by atoms with Gasteiger partial charge in [-0.15, -0.1) is 0 Å². The van der Waals surface area contributed by atoms with E-state index < -0.39 is 18.3 Å². The van der Waals surface area contributed by atoms with Gasteiger partial charge in [0.25, 0.3) is 0 Å². The number of hydrogen-bond donors (Lipinski definition) is 4. The van der Waals surface area contributed by atoms with Crippen LogP contribution in [0.2, 0.25) is 0 Å². The van der Waals surface area contributed by atoms with Crippen molar-refractivity contribution in [3.63, 3.8) is 0 Å². The third-order valence-corrected chi connectivity index (χ3v) is 6.70. The number of piperidine rings is 1. The minimum absolute atomic E-state index is 0.115. The molecule has 6 heteroatoms. The van der Waals surface area contributed by atoms with E-state index in [9.17, 15) is 9.18 Å². The highest BCUT2D eigenvalue weighted by molar-refractivity contribution is 5.78. The van der Waals surface area contributed by atoms with Crippen molar-refractivity contribution < 1.29 is 9.18 Å². The molecular formula is C17H31FN4O. The Hall–Kier alpha value is -0.720. The number of nitrogens with one attached hydrogen (secondary N) is 2. The molecule has 2 aliphatic heterocycles. The fraction of sp³-hybridized carbons (Fsp3) is 0.941. The second kappa shape index (κ2) is 6.65. The zero-order chi connectivity index (χ0) is 16.6. The summed E-state index contributed by atoms with van der Waals surface area (Å²) in [6.07, 6.45) is 6.08. The first-order valence-corrected chi connectivity index (χ1v) is 9.13. The molecule has 3 aliphatic rings. The molecule has 1 saturated carbocycles. The number of carbonyl (C=O) groups excluding carboxylic acids is 1. The summed E-state index contributed by atoms with van der Waals surface area (Å²) in [6, 6.07) is -0.0184. The van der Waals surface area contributed by atoms with Crippen LogP contribution in [0.15, 0.2) is 0 Å². The molecule has 0 aromatic heterocycles. The van der Waals surface area contributed by atoms with Crippen LogP contribution in [0.4, 0.5) is 4.39 Å². The lowest BCUT2D eigenvalue weighted by atomic mass is 9.56. The highest BCUT2D eigenvalue weighted by Crippen LogP contribution is 2.49. The Kier molecular flexibility index (Phi) is 4.95. The van der Waals surface area contributed by atoms with Crippen LogP contribution in [0.1, 0.15) is 51.9 Å². The number of hydrogen-bond acceptors (Lipinski definition) is 4. The van der Waals surface area contributed by atoms with Crippen LogP contribution in [-0.2, 0) is 4.79 Å². The first-order chi connectivity index (χ1) is 10.9. The molecular weight excluding hydrogens is 295 g/mol. The molecule has 2 heterocycles. The summed E-state index contributed by atoms with van der Waals surface area (Å²) in [5.74, 6) is -0.362. The molecule has 2 bridgehead atoms. The SMILES string of the molecule is CC1(C2CCCCC2)C2CCC(F)CNC1C(C(N)=O)C(N)N2. The summed E-state index contributed by atoms with van der Waals surface area (Å²) in [5, 5.41) is 6.78. The van der Waals surface area contributed by atoms with E-state index in [-0.39, 0.29) is 30.0 Å². The first kappa shape index (κ1) is 17.1. The van der Waals surface area contributed by atoms with Crippen molar-refractivity contribution in [1.82, 2.24) is 10.6 Å². The molecule has 0 aromatic carbocycles. The van der Waals surface area contributed by atoms with Crippen LogP contribution < -0.4 is 22.1 Å². The molecule has 1 amide bonds. The monoisotopic (exact) mass is 326 g/mol. The summed E-state index contributed by atoms with van der Waals surface area (Å²) in [5.41, 5.74) is 11.8. The van der Waals surface area contributed by atoms with Crippen LogP contribution in [-0.4, -0.2) is 36.9 Å². The number of primary amides is 1. The number of nitrogens with two attached hydrogens (primary N) is 2. The highest BCUT2D eigenvalue weighted by atomic mass is 19.1. The van der Waals surface area contributed by atoms with Gasteiger partial charge in [0, 0.05) is 24.0 Å². The molecule has 1 aliphatic carbocycles. The van der Waals surface area contributed by atoms with Crippen molar-refractivity contribution in [3.05, 3.63) is 0 Å². The van der Waals surface area contributed by atoms with E-state index in [1.54, 1.807) is 0 Å². The Bertz CT molecular complexity index is 442. The zero-order valence-electron chi connectivity index (χ0n) is 14.1. The zero-order valence-corrected chi connectivity index (χ0v) is 14.1. The molecule has 132 valence electrons. The van der Waals surface area contributed by atoms with E-state index in [0.29, 0.717) is 12.3 Å². The Morgan fingerprint density at radius 2 is 1.87 bits per heavy atom. The third-order valence-electron chi connectivity index (χ3n) is 6.70. The maximum absolute atomic E-state index is 14.0. The molecule has 2 saturated heterocycles. The standard InChI is InChI=1S/C17H31FN4O/c1-17(10-5-3-2-4-6-10)12-8-7-11(18)9-21-14(17)13(16(20)23)15(19)22-12/h10-15,21-22H,2-9,19H2,1H3,(H2,20,23). The topological polar surface area (TPSA) is 93.2 Å². The maximum Gasteiger partial charge on any atom is 0.225 e. The van der Waals surface area contributed by atoms with Gasteiger partial charge in [0.05, 0.1) is 12.1 Å². The van der Waals surface area contributed by atoms with Gasteiger partial charge in [0.1, 0.15) is 6.17 Å². The summed E-state index contributed by atoms with van der Waals surface area (Å²) in [4.78, 5) is 12.1. The van der Waals surface area contributed by atoms with Gasteiger partial charge in [-0.05, 0) is 31.6 Å². The molecule has 0 radical (unpaired) electrons. The molecule has 23 heavy (non-hydrogen) atoms. The lowest BCUT2D eigenvalue weighted by molar-refractivity contribution is -0.131. The van der Waals surface area contributed by atoms with Gasteiger partial charge in [-0.25, -0.2) is 4.39 Å². The van der Waals surface area contributed by atoms with E-state index in [1.165, 1.54) is 32.1 Å². The van der Waals surface area contributed by atoms with Crippen molar-refractivity contribution >= 4 is 5.91 Å². The minimum atomic E-state index is -0.874. The second-order valence-corrected chi connectivity index (χ2v) is 7.93. The van der Waals surface area contributed by atoms with Crippen molar-refractivity contribution in [2.24, 2.45) is 28.7 Å². The number of halogens is 1. The van der Waals surface area contributed by atoms with Gasteiger partial charge >= 0.3 is 0 Å². The molecule has 0 aromatic rings. The van der Waals surface area contributed by atoms with E-state index in [2.05, 4.69) is 17.6 Å². The second-order valence-electron chi connectivity index (χ2n) is 7.93. The molecule has 3 fully saturated rings. The van der Waals surface area contributed by atoms with Crippen molar-refractivity contribution in [1.29, 1.82) is 0 Å². The molecule has 3 rings (SSSR count). The van der Waals surface area contributed by atoms with Crippen LogP contribution in [0, 0.1) is 17.3 Å². The van der Waals surface area contributed by atoms with Crippen molar-refractivity contribution in [2.45, 2.75) is 76.3 Å². The number of rotatable bonds is 2. The maximum atomic E-state index is 14.0. The van der Waals surface area contributed by atoms with Gasteiger partial charge in [-0.3, -0.25) is 10.1 Å². The van der Waals surface area contributed by atoms with E-state index >= 15 is 0 Å². The Morgan fingerprint density at radius 1 is 1.17 bits per heavy atom. The van der Waals surface area contributed by atoms with Gasteiger partial charge in [-0.2, -0.15) is 0 Å². The normalized spacial score (nSPS) is 46.0. The Morgan fingerprint density at radius 3 is 2.52 bits per heavy atom. The minimum Gasteiger partial charge on any atom is -0.369 e. The molecule has 6 unspecified atom stereocenters. The Balaban J connectivity index is 1.97. The summed E-state index contributed by atoms with van der Waals surface area (Å²) in [6.45, 7) is 2.55. The average Bonchev–Trinajstić information content (AvgIpc) is 2.53. The number of fused-ring (bicyclic) bond motifs is 2. The fourth-order valence-electron chi connectivity index (χ4n) is 5.38. The van der Waals surface area contributed by atoms with Gasteiger partial charge in [0.2, 0.25) is 5.91 Å². The van der Waals surface area contributed by atoms with Gasteiger partial charge in [0.15, 0.2) is 0 Å². The summed E-state index contributed by atoms with van der Waals surface area (Å²) >= 11 is 0. The quantitative estimate of drug-likeness (QED) is 0.609. The fourth-order valence-corrected chi connectivity index (χ4v) is 5.38. The van der Waals surface area contributed by atoms with Crippen LogP contribution >= 0.6 is 0 Å². The largest absolute Gasteiger partial charge is 0.369 e. The van der Waals surface area contributed by atoms with Crippen molar-refractivity contribution in [3.8, 4) is 0 Å². The van der Waals surface area contributed by atoms with Gasteiger partial charge in [-0.1, -0.05) is 26.2 Å². The van der Waals surface area contributed by atoms with Gasteiger partial charge < -0.3 is 16.8 Å². The van der Waals surface area contributed by atoms with E-state index in [4.69, 9.17) is 11.5 Å². The van der Waals surface area contributed by atoms with E-state index in [0.717, 1.165) is 6.42 Å².